The van der Waals surface area contributed by atoms with Crippen molar-refractivity contribution >= 4 is 33.3 Å². The maximum atomic E-state index is 8.30. The predicted molar refractivity (Wildman–Crippen MR) is 91.8 cm³/mol. The molecule has 0 unspecified atom stereocenters. The van der Waals surface area contributed by atoms with Crippen molar-refractivity contribution in [2.24, 2.45) is 0 Å². The lowest BCUT2D eigenvalue weighted by atomic mass is 10.1. The summed E-state index contributed by atoms with van der Waals surface area (Å²) in [5.74, 6) is 1.39. The number of hydrogen-bond acceptors (Lipinski definition) is 4. The van der Waals surface area contributed by atoms with Crippen LogP contribution in [0.15, 0.2) is 71.3 Å². The zero-order chi connectivity index (χ0) is 15.4. The lowest BCUT2D eigenvalue weighted by molar-refractivity contribution is 1.23. The van der Waals surface area contributed by atoms with Crippen molar-refractivity contribution in [3.8, 4) is 0 Å². The van der Waals surface area contributed by atoms with Crippen LogP contribution in [0.1, 0.15) is 11.3 Å². The van der Waals surface area contributed by atoms with E-state index in [2.05, 4.69) is 31.2 Å². The molecule has 2 heterocycles. The van der Waals surface area contributed by atoms with E-state index in [9.17, 15) is 0 Å². The zero-order valence-electron chi connectivity index (χ0n) is 11.6. The highest BCUT2D eigenvalue weighted by molar-refractivity contribution is 9.10. The molecular weight excluding hydrogens is 340 g/mol. The van der Waals surface area contributed by atoms with Gasteiger partial charge in [0.1, 0.15) is 11.6 Å². The molecule has 2 N–H and O–H groups in total. The second kappa shape index (κ2) is 6.49. The number of anilines is 2. The Bertz CT molecular complexity index is 785. The molecule has 2 aromatic heterocycles. The average Bonchev–Trinajstić information content (AvgIpc) is 2.56. The van der Waals surface area contributed by atoms with Gasteiger partial charge >= 0.3 is 0 Å². The number of aromatic nitrogens is 2. The van der Waals surface area contributed by atoms with E-state index in [4.69, 9.17) is 5.41 Å². The lowest BCUT2D eigenvalue weighted by Gasteiger charge is -2.08. The third kappa shape index (κ3) is 3.38. The van der Waals surface area contributed by atoms with E-state index in [1.807, 2.05) is 60.7 Å². The molecule has 5 heteroatoms. The Morgan fingerprint density at radius 3 is 2.41 bits per heavy atom. The first-order chi connectivity index (χ1) is 10.7. The minimum Gasteiger partial charge on any atom is -0.325 e. The van der Waals surface area contributed by atoms with Gasteiger partial charge in [-0.25, -0.2) is 9.97 Å². The molecule has 0 saturated heterocycles. The van der Waals surface area contributed by atoms with Gasteiger partial charge in [-0.05, 0) is 36.4 Å². The SMILES string of the molecule is N=C(c1ccc(Br)cc1)c1cccc(Nc2ccccn2)n1. The topological polar surface area (TPSA) is 61.7 Å². The van der Waals surface area contributed by atoms with Crippen molar-refractivity contribution in [3.63, 3.8) is 0 Å². The second-order valence-electron chi connectivity index (χ2n) is 4.63. The molecule has 3 rings (SSSR count). The van der Waals surface area contributed by atoms with Crippen LogP contribution in [-0.4, -0.2) is 15.7 Å². The van der Waals surface area contributed by atoms with Gasteiger partial charge in [-0.2, -0.15) is 0 Å². The Morgan fingerprint density at radius 1 is 0.909 bits per heavy atom. The van der Waals surface area contributed by atoms with Crippen molar-refractivity contribution in [2.45, 2.75) is 0 Å². The molecule has 0 aliphatic heterocycles. The summed E-state index contributed by atoms with van der Waals surface area (Å²) in [4.78, 5) is 8.69. The van der Waals surface area contributed by atoms with Crippen molar-refractivity contribution in [1.82, 2.24) is 9.97 Å². The van der Waals surface area contributed by atoms with Gasteiger partial charge in [-0.1, -0.05) is 40.2 Å². The molecule has 0 spiro atoms. The number of halogens is 1. The van der Waals surface area contributed by atoms with Gasteiger partial charge in [-0.3, -0.25) is 5.41 Å². The summed E-state index contributed by atoms with van der Waals surface area (Å²) >= 11 is 3.40. The monoisotopic (exact) mass is 352 g/mol. The number of rotatable bonds is 4. The first-order valence-electron chi connectivity index (χ1n) is 6.72. The largest absolute Gasteiger partial charge is 0.325 e. The van der Waals surface area contributed by atoms with E-state index in [1.54, 1.807) is 6.20 Å². The first-order valence-corrected chi connectivity index (χ1v) is 7.52. The van der Waals surface area contributed by atoms with Gasteiger partial charge < -0.3 is 5.32 Å². The van der Waals surface area contributed by atoms with Crippen molar-refractivity contribution in [1.29, 1.82) is 5.41 Å². The molecule has 0 saturated carbocycles. The fourth-order valence-electron chi connectivity index (χ4n) is 1.98. The van der Waals surface area contributed by atoms with Gasteiger partial charge in [0.25, 0.3) is 0 Å². The van der Waals surface area contributed by atoms with Gasteiger partial charge in [0.2, 0.25) is 0 Å². The van der Waals surface area contributed by atoms with Crippen molar-refractivity contribution in [3.05, 3.63) is 82.6 Å². The fraction of sp³-hybridized carbons (Fsp3) is 0. The first kappa shape index (κ1) is 14.4. The minimum absolute atomic E-state index is 0.386. The van der Waals surface area contributed by atoms with Crippen LogP contribution in [0.4, 0.5) is 11.6 Å². The molecule has 0 aliphatic carbocycles. The van der Waals surface area contributed by atoms with Crippen LogP contribution >= 0.6 is 15.9 Å². The summed E-state index contributed by atoms with van der Waals surface area (Å²) < 4.78 is 0.988. The Labute approximate surface area is 136 Å². The minimum atomic E-state index is 0.386. The van der Waals surface area contributed by atoms with Gasteiger partial charge in [0.15, 0.2) is 0 Å². The van der Waals surface area contributed by atoms with Crippen LogP contribution in [0.25, 0.3) is 0 Å². The quantitative estimate of drug-likeness (QED) is 0.684. The second-order valence-corrected chi connectivity index (χ2v) is 5.55. The molecule has 4 nitrogen and oxygen atoms in total. The average molecular weight is 353 g/mol. The van der Waals surface area contributed by atoms with Crippen molar-refractivity contribution in [2.75, 3.05) is 5.32 Å². The van der Waals surface area contributed by atoms with Crippen LogP contribution in [0.5, 0.6) is 0 Å². The van der Waals surface area contributed by atoms with Gasteiger partial charge in [0, 0.05) is 16.2 Å². The molecule has 0 atom stereocenters. The molecular formula is C17H13BrN4. The molecule has 0 amide bonds. The van der Waals surface area contributed by atoms with E-state index in [0.717, 1.165) is 15.9 Å². The van der Waals surface area contributed by atoms with Crippen LogP contribution in [-0.2, 0) is 0 Å². The summed E-state index contributed by atoms with van der Waals surface area (Å²) in [6.45, 7) is 0. The van der Waals surface area contributed by atoms with E-state index < -0.39 is 0 Å². The van der Waals surface area contributed by atoms with E-state index >= 15 is 0 Å². The normalized spacial score (nSPS) is 10.2. The van der Waals surface area contributed by atoms with E-state index in [0.29, 0.717) is 17.2 Å². The highest BCUT2D eigenvalue weighted by Gasteiger charge is 2.07. The van der Waals surface area contributed by atoms with Crippen molar-refractivity contribution < 1.29 is 0 Å². The molecule has 1 aromatic carbocycles. The van der Waals surface area contributed by atoms with Gasteiger partial charge in [-0.15, -0.1) is 0 Å². The molecule has 0 bridgehead atoms. The van der Waals surface area contributed by atoms with E-state index in [-0.39, 0.29) is 0 Å². The van der Waals surface area contributed by atoms with Crippen LogP contribution in [0, 0.1) is 5.41 Å². The summed E-state index contributed by atoms with van der Waals surface area (Å²) in [6, 6.07) is 18.8. The number of pyridine rings is 2. The Kier molecular flexibility index (Phi) is 4.25. The summed E-state index contributed by atoms with van der Waals surface area (Å²) in [7, 11) is 0. The molecule has 0 fully saturated rings. The molecule has 22 heavy (non-hydrogen) atoms. The summed E-state index contributed by atoms with van der Waals surface area (Å²) in [5.41, 5.74) is 1.83. The highest BCUT2D eigenvalue weighted by atomic mass is 79.9. The molecule has 108 valence electrons. The molecule has 3 aromatic rings. The van der Waals surface area contributed by atoms with Gasteiger partial charge in [0.05, 0.1) is 11.4 Å². The van der Waals surface area contributed by atoms with Crippen LogP contribution in [0.2, 0.25) is 0 Å². The maximum Gasteiger partial charge on any atom is 0.132 e. The Morgan fingerprint density at radius 2 is 1.68 bits per heavy atom. The Balaban J connectivity index is 1.84. The smallest absolute Gasteiger partial charge is 0.132 e. The maximum absolute atomic E-state index is 8.30. The number of nitrogens with one attached hydrogen (secondary N) is 2. The number of nitrogens with zero attached hydrogens (tertiary/aromatic N) is 2. The predicted octanol–water partition coefficient (Wildman–Crippen LogP) is 4.40. The van der Waals surface area contributed by atoms with E-state index in [1.165, 1.54) is 0 Å². The summed E-state index contributed by atoms with van der Waals surface area (Å²) in [6.07, 6.45) is 1.72. The number of hydrogen-bond donors (Lipinski definition) is 2. The fourth-order valence-corrected chi connectivity index (χ4v) is 2.24. The number of benzene rings is 1. The molecule has 0 aliphatic rings. The summed E-state index contributed by atoms with van der Waals surface area (Å²) in [5, 5.41) is 11.4. The van der Waals surface area contributed by atoms with Crippen LogP contribution in [0.3, 0.4) is 0 Å². The highest BCUT2D eigenvalue weighted by Crippen LogP contribution is 2.16. The van der Waals surface area contributed by atoms with Crippen LogP contribution < -0.4 is 5.32 Å². The lowest BCUT2D eigenvalue weighted by Crippen LogP contribution is -2.06. The molecule has 0 radical (unpaired) electrons. The standard InChI is InChI=1S/C17H13BrN4/c18-13-9-7-12(8-10-13)17(19)14-4-3-6-16(21-14)22-15-5-1-2-11-20-15/h1-11,19H,(H,20,21,22). The third-order valence-corrected chi connectivity index (χ3v) is 3.59. The third-order valence-electron chi connectivity index (χ3n) is 3.06. The zero-order valence-corrected chi connectivity index (χ0v) is 13.2. The Hall–Kier alpha value is -2.53.